The Hall–Kier alpha value is -1.89. The molecule has 6 nitrogen and oxygen atoms in total. The van der Waals surface area contributed by atoms with Crippen molar-refractivity contribution in [2.24, 2.45) is 0 Å². The van der Waals surface area contributed by atoms with Crippen LogP contribution in [0.25, 0.3) is 0 Å². The SMILES string of the molecule is CC(C)(C)OC(=O)NCCC(=O)OCCCC(=O)c1ccc(Br)cc1. The molecule has 1 aromatic carbocycles. The summed E-state index contributed by atoms with van der Waals surface area (Å²) in [5, 5.41) is 2.48. The smallest absolute Gasteiger partial charge is 0.407 e. The minimum absolute atomic E-state index is 0.00939. The summed E-state index contributed by atoms with van der Waals surface area (Å²) in [7, 11) is 0. The van der Waals surface area contributed by atoms with Gasteiger partial charge in [-0.3, -0.25) is 9.59 Å². The lowest BCUT2D eigenvalue weighted by Gasteiger charge is -2.19. The second-order valence-electron chi connectivity index (χ2n) is 6.43. The van der Waals surface area contributed by atoms with Crippen molar-refractivity contribution in [3.05, 3.63) is 34.3 Å². The number of alkyl carbamates (subject to hydrolysis) is 1. The van der Waals surface area contributed by atoms with Crippen LogP contribution in [0.1, 0.15) is 50.4 Å². The first kappa shape index (κ1) is 21.2. The van der Waals surface area contributed by atoms with Crippen molar-refractivity contribution < 1.29 is 23.9 Å². The topological polar surface area (TPSA) is 81.7 Å². The number of rotatable bonds is 8. The van der Waals surface area contributed by atoms with Gasteiger partial charge in [0.1, 0.15) is 5.60 Å². The predicted octanol–water partition coefficient (Wildman–Crippen LogP) is 3.87. The zero-order valence-electron chi connectivity index (χ0n) is 14.8. The lowest BCUT2D eigenvalue weighted by molar-refractivity contribution is -0.143. The van der Waals surface area contributed by atoms with Crippen molar-refractivity contribution in [3.8, 4) is 0 Å². The second kappa shape index (κ2) is 10.2. The summed E-state index contributed by atoms with van der Waals surface area (Å²) in [4.78, 5) is 34.9. The van der Waals surface area contributed by atoms with E-state index in [0.29, 0.717) is 18.4 Å². The van der Waals surface area contributed by atoms with E-state index in [1.54, 1.807) is 32.9 Å². The number of Topliss-reactive ketones (excluding diaryl/α,β-unsaturated/α-hetero) is 1. The number of carbonyl (C=O) groups is 3. The minimum Gasteiger partial charge on any atom is -0.466 e. The van der Waals surface area contributed by atoms with Crippen molar-refractivity contribution >= 4 is 33.8 Å². The molecule has 7 heteroatoms. The lowest BCUT2D eigenvalue weighted by Crippen LogP contribution is -2.33. The molecule has 0 radical (unpaired) electrons. The van der Waals surface area contributed by atoms with E-state index in [2.05, 4.69) is 21.2 Å². The molecule has 138 valence electrons. The maximum absolute atomic E-state index is 11.9. The van der Waals surface area contributed by atoms with E-state index in [-0.39, 0.29) is 25.4 Å². The number of amides is 1. The fourth-order valence-electron chi connectivity index (χ4n) is 1.85. The number of esters is 1. The highest BCUT2D eigenvalue weighted by Gasteiger charge is 2.16. The monoisotopic (exact) mass is 413 g/mol. The molecule has 0 aromatic heterocycles. The largest absolute Gasteiger partial charge is 0.466 e. The van der Waals surface area contributed by atoms with Crippen LogP contribution in [0.15, 0.2) is 28.7 Å². The van der Waals surface area contributed by atoms with Crippen LogP contribution in [0, 0.1) is 0 Å². The number of hydrogen-bond acceptors (Lipinski definition) is 5. The first-order valence-corrected chi connectivity index (χ1v) is 8.88. The normalized spacial score (nSPS) is 10.9. The van der Waals surface area contributed by atoms with E-state index in [9.17, 15) is 14.4 Å². The zero-order valence-corrected chi connectivity index (χ0v) is 16.4. The number of ether oxygens (including phenoxy) is 2. The van der Waals surface area contributed by atoms with Gasteiger partial charge in [0.15, 0.2) is 5.78 Å². The first-order chi connectivity index (χ1) is 11.7. The molecule has 25 heavy (non-hydrogen) atoms. The molecule has 0 heterocycles. The van der Waals surface area contributed by atoms with Crippen molar-refractivity contribution in [2.45, 2.75) is 45.6 Å². The highest BCUT2D eigenvalue weighted by molar-refractivity contribution is 9.10. The highest BCUT2D eigenvalue weighted by Crippen LogP contribution is 2.12. The second-order valence-corrected chi connectivity index (χ2v) is 7.35. The van der Waals surface area contributed by atoms with Crippen molar-refractivity contribution in [2.75, 3.05) is 13.2 Å². The molecule has 1 amide bonds. The van der Waals surface area contributed by atoms with E-state index in [0.717, 1.165) is 4.47 Å². The summed E-state index contributed by atoms with van der Waals surface area (Å²) in [6.07, 6.45) is 0.255. The lowest BCUT2D eigenvalue weighted by atomic mass is 10.1. The van der Waals surface area contributed by atoms with Crippen LogP contribution in [0.3, 0.4) is 0 Å². The molecule has 0 bridgehead atoms. The number of benzene rings is 1. The van der Waals surface area contributed by atoms with Crippen LogP contribution in [0.4, 0.5) is 4.79 Å². The molecule has 0 aliphatic carbocycles. The summed E-state index contributed by atoms with van der Waals surface area (Å²) in [6, 6.07) is 7.12. The molecule has 0 atom stereocenters. The van der Waals surface area contributed by atoms with Crippen LogP contribution in [-0.4, -0.2) is 36.6 Å². The maximum Gasteiger partial charge on any atom is 0.407 e. The molecule has 0 unspecified atom stereocenters. The fourth-order valence-corrected chi connectivity index (χ4v) is 2.12. The molecule has 0 spiro atoms. The van der Waals surface area contributed by atoms with Gasteiger partial charge in [0.25, 0.3) is 0 Å². The highest BCUT2D eigenvalue weighted by atomic mass is 79.9. The van der Waals surface area contributed by atoms with Gasteiger partial charge in [0.2, 0.25) is 0 Å². The van der Waals surface area contributed by atoms with E-state index in [1.165, 1.54) is 0 Å². The van der Waals surface area contributed by atoms with Gasteiger partial charge in [-0.05, 0) is 39.3 Å². The van der Waals surface area contributed by atoms with Crippen LogP contribution in [0.5, 0.6) is 0 Å². The van der Waals surface area contributed by atoms with E-state index < -0.39 is 17.7 Å². The molecular formula is C18H24BrNO5. The Balaban J connectivity index is 2.13. The van der Waals surface area contributed by atoms with E-state index >= 15 is 0 Å². The summed E-state index contributed by atoms with van der Waals surface area (Å²) in [5.41, 5.74) is 0.0578. The summed E-state index contributed by atoms with van der Waals surface area (Å²) in [6.45, 7) is 5.60. The minimum atomic E-state index is -0.577. The van der Waals surface area contributed by atoms with Crippen molar-refractivity contribution in [1.29, 1.82) is 0 Å². The van der Waals surface area contributed by atoms with Crippen LogP contribution in [0.2, 0.25) is 0 Å². The Labute approximate surface area is 156 Å². The van der Waals surface area contributed by atoms with Crippen LogP contribution in [-0.2, 0) is 14.3 Å². The van der Waals surface area contributed by atoms with Gasteiger partial charge in [-0.25, -0.2) is 4.79 Å². The molecular weight excluding hydrogens is 390 g/mol. The quantitative estimate of drug-likeness (QED) is 0.397. The Bertz CT molecular complexity index is 592. The Morgan fingerprint density at radius 2 is 1.72 bits per heavy atom. The van der Waals surface area contributed by atoms with Gasteiger partial charge in [-0.1, -0.05) is 28.1 Å². The number of carbonyl (C=O) groups excluding carboxylic acids is 3. The third kappa shape index (κ3) is 9.86. The third-order valence-corrected chi connectivity index (χ3v) is 3.50. The zero-order chi connectivity index (χ0) is 18.9. The Morgan fingerprint density at radius 1 is 1.08 bits per heavy atom. The van der Waals surface area contributed by atoms with Crippen molar-refractivity contribution in [1.82, 2.24) is 5.32 Å². The number of halogens is 1. The Kier molecular flexibility index (Phi) is 8.61. The first-order valence-electron chi connectivity index (χ1n) is 8.08. The van der Waals surface area contributed by atoms with Gasteiger partial charge in [-0.2, -0.15) is 0 Å². The molecule has 0 saturated carbocycles. The average Bonchev–Trinajstić information content (AvgIpc) is 2.50. The number of hydrogen-bond donors (Lipinski definition) is 1. The molecule has 0 aliphatic rings. The van der Waals surface area contributed by atoms with Crippen LogP contribution < -0.4 is 5.32 Å². The molecule has 0 fully saturated rings. The fraction of sp³-hybridized carbons (Fsp3) is 0.500. The molecule has 1 rings (SSSR count). The summed E-state index contributed by atoms with van der Waals surface area (Å²) in [5.74, 6) is -0.415. The molecule has 1 N–H and O–H groups in total. The van der Waals surface area contributed by atoms with Gasteiger partial charge < -0.3 is 14.8 Å². The third-order valence-electron chi connectivity index (χ3n) is 2.97. The van der Waals surface area contributed by atoms with Gasteiger partial charge >= 0.3 is 12.1 Å². The standard InChI is InChI=1S/C18H24BrNO5/c1-18(2,3)25-17(23)20-11-10-16(22)24-12-4-5-15(21)13-6-8-14(19)9-7-13/h6-9H,4-5,10-12H2,1-3H3,(H,20,23). The molecule has 0 aliphatic heterocycles. The summed E-state index contributed by atoms with van der Waals surface area (Å²) >= 11 is 3.32. The predicted molar refractivity (Wildman–Crippen MR) is 97.5 cm³/mol. The van der Waals surface area contributed by atoms with Crippen LogP contribution >= 0.6 is 15.9 Å². The van der Waals surface area contributed by atoms with E-state index in [4.69, 9.17) is 9.47 Å². The number of ketones is 1. The summed E-state index contributed by atoms with van der Waals surface area (Å²) < 4.78 is 11.0. The van der Waals surface area contributed by atoms with Gasteiger partial charge in [-0.15, -0.1) is 0 Å². The van der Waals surface area contributed by atoms with Crippen molar-refractivity contribution in [3.63, 3.8) is 0 Å². The molecule has 0 saturated heterocycles. The molecule has 1 aromatic rings. The van der Waals surface area contributed by atoms with Gasteiger partial charge in [0, 0.05) is 23.0 Å². The maximum atomic E-state index is 11.9. The Morgan fingerprint density at radius 3 is 2.32 bits per heavy atom. The van der Waals surface area contributed by atoms with E-state index in [1.807, 2.05) is 12.1 Å². The number of nitrogens with one attached hydrogen (secondary N) is 1. The average molecular weight is 414 g/mol. The van der Waals surface area contributed by atoms with Gasteiger partial charge in [0.05, 0.1) is 13.0 Å².